The molecule has 2 rings (SSSR count). The van der Waals surface area contributed by atoms with Crippen molar-refractivity contribution in [2.45, 2.75) is 32.2 Å². The summed E-state index contributed by atoms with van der Waals surface area (Å²) in [6.45, 7) is 4.46. The highest BCUT2D eigenvalue weighted by atomic mass is 32.2. The quantitative estimate of drug-likeness (QED) is 0.830. The second-order valence-electron chi connectivity index (χ2n) is 5.97. The van der Waals surface area contributed by atoms with Gasteiger partial charge in [0.05, 0.1) is 5.75 Å². The smallest absolute Gasteiger partial charge is 0.211 e. The van der Waals surface area contributed by atoms with E-state index in [-0.39, 0.29) is 17.6 Å². The molecule has 23 heavy (non-hydrogen) atoms. The van der Waals surface area contributed by atoms with E-state index in [1.807, 2.05) is 13.0 Å². The minimum atomic E-state index is -3.12. The summed E-state index contributed by atoms with van der Waals surface area (Å²) in [6.07, 6.45) is 6.37. The molecule has 4 nitrogen and oxygen atoms in total. The van der Waals surface area contributed by atoms with Gasteiger partial charge in [0.2, 0.25) is 10.0 Å². The van der Waals surface area contributed by atoms with Crippen LogP contribution in [0.5, 0.6) is 0 Å². The van der Waals surface area contributed by atoms with Crippen LogP contribution in [0.4, 0.5) is 4.39 Å². The molecule has 0 unspecified atom stereocenters. The Labute approximate surface area is 138 Å². The molecular weight excluding hydrogens is 315 g/mol. The van der Waals surface area contributed by atoms with E-state index in [4.69, 9.17) is 0 Å². The number of sulfonamides is 1. The van der Waals surface area contributed by atoms with Crippen LogP contribution in [0.3, 0.4) is 0 Å². The first-order valence-corrected chi connectivity index (χ1v) is 9.78. The molecule has 1 aliphatic heterocycles. The Balaban J connectivity index is 1.73. The minimum absolute atomic E-state index is 0.0591. The fourth-order valence-corrected chi connectivity index (χ4v) is 4.13. The number of hydrogen-bond acceptors (Lipinski definition) is 3. The van der Waals surface area contributed by atoms with E-state index >= 15 is 0 Å². The summed E-state index contributed by atoms with van der Waals surface area (Å²) in [5, 5.41) is 0. The molecule has 0 spiro atoms. The van der Waals surface area contributed by atoms with Crippen LogP contribution in [0.15, 0.2) is 30.3 Å². The van der Waals surface area contributed by atoms with Crippen LogP contribution in [0.2, 0.25) is 0 Å². The number of nitrogens with zero attached hydrogens (tertiary/aromatic N) is 1. The molecule has 1 aliphatic rings. The van der Waals surface area contributed by atoms with E-state index in [1.165, 1.54) is 12.1 Å². The van der Waals surface area contributed by atoms with Gasteiger partial charge in [0.15, 0.2) is 0 Å². The van der Waals surface area contributed by atoms with Gasteiger partial charge in [-0.05, 0) is 50.0 Å². The van der Waals surface area contributed by atoms with Crippen molar-refractivity contribution in [3.8, 4) is 0 Å². The number of piperidine rings is 1. The zero-order chi connectivity index (χ0) is 16.7. The monoisotopic (exact) mass is 340 g/mol. The lowest BCUT2D eigenvalue weighted by Gasteiger charge is -2.31. The number of hydrogen-bond donors (Lipinski definition) is 1. The molecule has 0 radical (unpaired) electrons. The van der Waals surface area contributed by atoms with Gasteiger partial charge in [-0.3, -0.25) is 4.90 Å². The van der Waals surface area contributed by atoms with Gasteiger partial charge in [-0.15, -0.1) is 0 Å². The highest BCUT2D eigenvalue weighted by Crippen LogP contribution is 2.12. The molecule has 1 fully saturated rings. The molecule has 6 heteroatoms. The maximum Gasteiger partial charge on any atom is 0.211 e. The fourth-order valence-electron chi connectivity index (χ4n) is 2.73. The Kier molecular flexibility index (Phi) is 6.74. The average Bonchev–Trinajstić information content (AvgIpc) is 2.50. The summed E-state index contributed by atoms with van der Waals surface area (Å²) in [6, 6.07) is 6.46. The third-order valence-corrected chi connectivity index (χ3v) is 5.59. The topological polar surface area (TPSA) is 49.4 Å². The first-order valence-electron chi connectivity index (χ1n) is 8.13. The summed E-state index contributed by atoms with van der Waals surface area (Å²) in [5.74, 6) is -0.0251. The average molecular weight is 340 g/mol. The van der Waals surface area contributed by atoms with Gasteiger partial charge < -0.3 is 0 Å². The summed E-state index contributed by atoms with van der Waals surface area (Å²) < 4.78 is 39.2. The normalized spacial score (nSPS) is 17.8. The molecule has 0 aromatic heterocycles. The van der Waals surface area contributed by atoms with E-state index in [9.17, 15) is 12.8 Å². The predicted molar refractivity (Wildman–Crippen MR) is 92.1 cm³/mol. The SMILES string of the molecule is CCCS(=O)(=O)NC1CCN(CC=Cc2ccc(F)cc2)CC1. The standard InChI is InChI=1S/C17H25FN2O2S/c1-2-14-23(21,22)19-17-9-12-20(13-10-17)11-3-4-15-5-7-16(18)8-6-15/h3-8,17,19H,2,9-14H2,1H3. The van der Waals surface area contributed by atoms with Gasteiger partial charge >= 0.3 is 0 Å². The largest absolute Gasteiger partial charge is 0.300 e. The van der Waals surface area contributed by atoms with E-state index in [0.717, 1.165) is 38.0 Å². The Morgan fingerprint density at radius 1 is 1.26 bits per heavy atom. The van der Waals surface area contributed by atoms with Crippen LogP contribution in [0.1, 0.15) is 31.7 Å². The minimum Gasteiger partial charge on any atom is -0.300 e. The van der Waals surface area contributed by atoms with Crippen LogP contribution >= 0.6 is 0 Å². The molecular formula is C17H25FN2O2S. The lowest BCUT2D eigenvalue weighted by Crippen LogP contribution is -2.45. The third-order valence-electron chi connectivity index (χ3n) is 3.95. The van der Waals surface area contributed by atoms with Crippen LogP contribution in [0, 0.1) is 5.82 Å². The van der Waals surface area contributed by atoms with E-state index < -0.39 is 10.0 Å². The maximum absolute atomic E-state index is 12.8. The highest BCUT2D eigenvalue weighted by molar-refractivity contribution is 7.89. The van der Waals surface area contributed by atoms with Crippen molar-refractivity contribution in [3.05, 3.63) is 41.7 Å². The van der Waals surface area contributed by atoms with E-state index in [1.54, 1.807) is 12.1 Å². The molecule has 0 atom stereocenters. The zero-order valence-electron chi connectivity index (χ0n) is 13.5. The molecule has 1 heterocycles. The summed E-state index contributed by atoms with van der Waals surface area (Å²) >= 11 is 0. The van der Waals surface area contributed by atoms with Crippen LogP contribution < -0.4 is 4.72 Å². The molecule has 1 aromatic carbocycles. The highest BCUT2D eigenvalue weighted by Gasteiger charge is 2.22. The number of benzene rings is 1. The predicted octanol–water partition coefficient (Wildman–Crippen LogP) is 2.63. The van der Waals surface area contributed by atoms with Gasteiger partial charge in [-0.2, -0.15) is 0 Å². The van der Waals surface area contributed by atoms with Gasteiger partial charge in [0.25, 0.3) is 0 Å². The van der Waals surface area contributed by atoms with Crippen molar-refractivity contribution in [1.29, 1.82) is 0 Å². The summed E-state index contributed by atoms with van der Waals surface area (Å²) in [7, 11) is -3.12. The fraction of sp³-hybridized carbons (Fsp3) is 0.529. The van der Waals surface area contributed by atoms with Gasteiger partial charge in [0.1, 0.15) is 5.82 Å². The lowest BCUT2D eigenvalue weighted by atomic mass is 10.1. The van der Waals surface area contributed by atoms with Crippen LogP contribution in [-0.2, 0) is 10.0 Å². The Hall–Kier alpha value is -1.24. The van der Waals surface area contributed by atoms with Gasteiger partial charge in [-0.25, -0.2) is 17.5 Å². The van der Waals surface area contributed by atoms with Crippen LogP contribution in [0.25, 0.3) is 6.08 Å². The number of rotatable bonds is 7. The zero-order valence-corrected chi connectivity index (χ0v) is 14.4. The summed E-state index contributed by atoms with van der Waals surface area (Å²) in [5.41, 5.74) is 0.980. The van der Waals surface area contributed by atoms with Crippen LogP contribution in [-0.4, -0.2) is 44.7 Å². The van der Waals surface area contributed by atoms with Crippen molar-refractivity contribution in [2.75, 3.05) is 25.4 Å². The molecule has 0 bridgehead atoms. The first kappa shape index (κ1) is 18.1. The number of halogens is 1. The Bertz CT molecular complexity index is 606. The molecule has 1 N–H and O–H groups in total. The van der Waals surface area contributed by atoms with Crippen molar-refractivity contribution in [1.82, 2.24) is 9.62 Å². The molecule has 0 saturated carbocycles. The molecule has 0 amide bonds. The second kappa shape index (κ2) is 8.57. The number of likely N-dealkylation sites (tertiary alicyclic amines) is 1. The number of nitrogens with one attached hydrogen (secondary N) is 1. The van der Waals surface area contributed by atoms with Crippen molar-refractivity contribution >= 4 is 16.1 Å². The van der Waals surface area contributed by atoms with Gasteiger partial charge in [0, 0.05) is 12.6 Å². The van der Waals surface area contributed by atoms with Crippen molar-refractivity contribution in [2.24, 2.45) is 0 Å². The molecule has 0 aliphatic carbocycles. The van der Waals surface area contributed by atoms with Crippen molar-refractivity contribution < 1.29 is 12.8 Å². The molecule has 1 aromatic rings. The van der Waals surface area contributed by atoms with Gasteiger partial charge in [-0.1, -0.05) is 31.2 Å². The maximum atomic E-state index is 12.8. The second-order valence-corrected chi connectivity index (χ2v) is 7.84. The summed E-state index contributed by atoms with van der Waals surface area (Å²) in [4.78, 5) is 2.30. The molecule has 1 saturated heterocycles. The Morgan fingerprint density at radius 3 is 2.52 bits per heavy atom. The van der Waals surface area contributed by atoms with Crippen molar-refractivity contribution in [3.63, 3.8) is 0 Å². The Morgan fingerprint density at radius 2 is 1.91 bits per heavy atom. The first-order chi connectivity index (χ1) is 11.0. The third kappa shape index (κ3) is 6.41. The lowest BCUT2D eigenvalue weighted by molar-refractivity contribution is 0.227. The van der Waals surface area contributed by atoms with E-state index in [2.05, 4.69) is 15.7 Å². The van der Waals surface area contributed by atoms with E-state index in [0.29, 0.717) is 6.42 Å². The molecule has 128 valence electrons.